The molecule has 1 aromatic carbocycles. The first kappa shape index (κ1) is 13.8. The first-order valence-corrected chi connectivity index (χ1v) is 8.84. The van der Waals surface area contributed by atoms with Crippen molar-refractivity contribution in [3.63, 3.8) is 0 Å². The number of carbonyl (C=O) groups excluding carboxylic acids is 1. The average molecular weight is 312 g/mol. The summed E-state index contributed by atoms with van der Waals surface area (Å²) in [5.41, 5.74) is 3.29. The third kappa shape index (κ3) is 2.22. The molecule has 2 aliphatic rings. The van der Waals surface area contributed by atoms with Crippen LogP contribution in [0.25, 0.3) is 0 Å². The van der Waals surface area contributed by atoms with Gasteiger partial charge in [-0.3, -0.25) is 4.79 Å². The predicted molar refractivity (Wildman–Crippen MR) is 90.4 cm³/mol. The molecule has 1 aliphatic heterocycles. The fourth-order valence-electron chi connectivity index (χ4n) is 3.53. The Balaban J connectivity index is 1.68. The minimum Gasteiger partial charge on any atom is -0.353 e. The van der Waals surface area contributed by atoms with Gasteiger partial charge in [-0.15, -0.1) is 11.3 Å². The van der Waals surface area contributed by atoms with Crippen LogP contribution < -0.4 is 10.6 Å². The van der Waals surface area contributed by atoms with Gasteiger partial charge in [0.15, 0.2) is 0 Å². The molecule has 4 heteroatoms. The molecule has 2 atom stereocenters. The number of hydrogen-bond donors (Lipinski definition) is 2. The maximum absolute atomic E-state index is 12.6. The molecule has 0 saturated carbocycles. The molecule has 2 heterocycles. The van der Waals surface area contributed by atoms with E-state index in [1.54, 1.807) is 11.3 Å². The van der Waals surface area contributed by atoms with Gasteiger partial charge in [-0.05, 0) is 36.3 Å². The van der Waals surface area contributed by atoms with Crippen molar-refractivity contribution in [1.29, 1.82) is 0 Å². The number of benzene rings is 1. The summed E-state index contributed by atoms with van der Waals surface area (Å²) in [6.45, 7) is 2.26. The minimum absolute atomic E-state index is 0.0788. The van der Waals surface area contributed by atoms with Gasteiger partial charge in [0.05, 0.1) is 5.56 Å². The second-order valence-electron chi connectivity index (χ2n) is 6.19. The van der Waals surface area contributed by atoms with Gasteiger partial charge < -0.3 is 10.6 Å². The van der Waals surface area contributed by atoms with Crippen LogP contribution in [0, 0.1) is 5.92 Å². The number of thiophene rings is 1. The molecule has 0 fully saturated rings. The van der Waals surface area contributed by atoms with E-state index in [4.69, 9.17) is 0 Å². The van der Waals surface area contributed by atoms with Gasteiger partial charge in [-0.1, -0.05) is 43.7 Å². The average Bonchev–Trinajstić information content (AvgIpc) is 2.93. The summed E-state index contributed by atoms with van der Waals surface area (Å²) >= 11 is 1.79. The van der Waals surface area contributed by atoms with Gasteiger partial charge in [0.2, 0.25) is 0 Å². The van der Waals surface area contributed by atoms with E-state index in [9.17, 15) is 4.79 Å². The third-order valence-electron chi connectivity index (χ3n) is 4.86. The Hall–Kier alpha value is -1.81. The lowest BCUT2D eigenvalue weighted by Crippen LogP contribution is -2.38. The lowest BCUT2D eigenvalue weighted by Gasteiger charge is -2.27. The summed E-state index contributed by atoms with van der Waals surface area (Å²) in [6, 6.07) is 10.1. The molecule has 0 saturated heterocycles. The number of rotatable bonds is 2. The highest BCUT2D eigenvalue weighted by Gasteiger charge is 2.33. The second kappa shape index (κ2) is 5.43. The summed E-state index contributed by atoms with van der Waals surface area (Å²) in [5.74, 6) is 0.857. The zero-order valence-corrected chi connectivity index (χ0v) is 13.5. The van der Waals surface area contributed by atoms with Crippen LogP contribution in [-0.2, 0) is 12.8 Å². The first-order chi connectivity index (χ1) is 10.8. The van der Waals surface area contributed by atoms with Crippen molar-refractivity contribution in [3.05, 3.63) is 51.9 Å². The quantitative estimate of drug-likeness (QED) is 0.876. The SMILES string of the molecule is CC[C@H]1CCc2c(sc3c2C(=O)N[C@@H](c2ccccc2)N3)C1. The van der Waals surface area contributed by atoms with Gasteiger partial charge in [0, 0.05) is 4.88 Å². The molecule has 1 aromatic heterocycles. The number of carbonyl (C=O) groups is 1. The Morgan fingerprint density at radius 3 is 2.82 bits per heavy atom. The van der Waals surface area contributed by atoms with Crippen LogP contribution in [-0.4, -0.2) is 5.91 Å². The number of fused-ring (bicyclic) bond motifs is 3. The van der Waals surface area contributed by atoms with Crippen LogP contribution in [0.1, 0.15) is 52.3 Å². The van der Waals surface area contributed by atoms with E-state index in [0.717, 1.165) is 34.9 Å². The maximum atomic E-state index is 12.6. The Labute approximate surface area is 134 Å². The van der Waals surface area contributed by atoms with E-state index < -0.39 is 0 Å². The standard InChI is InChI=1S/C18H20N2OS/c1-2-11-8-9-13-14(10-11)22-18-15(13)17(21)19-16(20-18)12-6-4-3-5-7-12/h3-7,11,16,20H,2,8-10H2,1H3,(H,19,21)/t11-,16+/m0/s1. The van der Waals surface area contributed by atoms with Crippen LogP contribution in [0.15, 0.2) is 30.3 Å². The molecule has 22 heavy (non-hydrogen) atoms. The van der Waals surface area contributed by atoms with E-state index in [2.05, 4.69) is 17.6 Å². The van der Waals surface area contributed by atoms with Crippen LogP contribution in [0.3, 0.4) is 0 Å². The summed E-state index contributed by atoms with van der Waals surface area (Å²) in [5, 5.41) is 7.68. The lowest BCUT2D eigenvalue weighted by atomic mass is 9.85. The van der Waals surface area contributed by atoms with Crippen molar-refractivity contribution >= 4 is 22.2 Å². The first-order valence-electron chi connectivity index (χ1n) is 8.03. The zero-order chi connectivity index (χ0) is 15.1. The predicted octanol–water partition coefficient (Wildman–Crippen LogP) is 4.12. The van der Waals surface area contributed by atoms with E-state index in [1.807, 2.05) is 30.3 Å². The lowest BCUT2D eigenvalue weighted by molar-refractivity contribution is 0.0935. The van der Waals surface area contributed by atoms with E-state index in [1.165, 1.54) is 23.3 Å². The minimum atomic E-state index is -0.122. The number of anilines is 1. The van der Waals surface area contributed by atoms with Crippen molar-refractivity contribution in [2.24, 2.45) is 5.92 Å². The third-order valence-corrected chi connectivity index (χ3v) is 6.04. The molecule has 2 N–H and O–H groups in total. The molecule has 2 aromatic rings. The van der Waals surface area contributed by atoms with Crippen LogP contribution in [0.2, 0.25) is 0 Å². The summed E-state index contributed by atoms with van der Waals surface area (Å²) in [4.78, 5) is 14.0. The summed E-state index contributed by atoms with van der Waals surface area (Å²) < 4.78 is 0. The molecule has 1 aliphatic carbocycles. The van der Waals surface area contributed by atoms with Gasteiger partial charge in [-0.2, -0.15) is 0 Å². The highest BCUT2D eigenvalue weighted by atomic mass is 32.1. The molecule has 3 nitrogen and oxygen atoms in total. The van der Waals surface area contributed by atoms with Crippen molar-refractivity contribution < 1.29 is 4.79 Å². The van der Waals surface area contributed by atoms with Gasteiger partial charge >= 0.3 is 0 Å². The van der Waals surface area contributed by atoms with Gasteiger partial charge in [0.1, 0.15) is 11.2 Å². The summed E-state index contributed by atoms with van der Waals surface area (Å²) in [6.07, 6.45) is 4.50. The van der Waals surface area contributed by atoms with Crippen molar-refractivity contribution in [2.75, 3.05) is 5.32 Å². The molecule has 0 bridgehead atoms. The second-order valence-corrected chi connectivity index (χ2v) is 7.29. The molecule has 0 spiro atoms. The van der Waals surface area contributed by atoms with Crippen LogP contribution >= 0.6 is 11.3 Å². The molecular weight excluding hydrogens is 292 g/mol. The molecule has 0 radical (unpaired) electrons. The van der Waals surface area contributed by atoms with E-state index >= 15 is 0 Å². The molecule has 114 valence electrons. The number of hydrogen-bond acceptors (Lipinski definition) is 3. The van der Waals surface area contributed by atoms with Crippen molar-refractivity contribution in [1.82, 2.24) is 5.32 Å². The Kier molecular flexibility index (Phi) is 3.41. The molecule has 4 rings (SSSR count). The molecule has 0 unspecified atom stereocenters. The largest absolute Gasteiger partial charge is 0.353 e. The Morgan fingerprint density at radius 1 is 1.23 bits per heavy atom. The molecule has 1 amide bonds. The Morgan fingerprint density at radius 2 is 2.05 bits per heavy atom. The molecular formula is C18H20N2OS. The van der Waals surface area contributed by atoms with Crippen molar-refractivity contribution in [2.45, 2.75) is 38.8 Å². The van der Waals surface area contributed by atoms with Gasteiger partial charge in [-0.25, -0.2) is 0 Å². The number of amides is 1. The van der Waals surface area contributed by atoms with E-state index in [-0.39, 0.29) is 12.1 Å². The van der Waals surface area contributed by atoms with Crippen molar-refractivity contribution in [3.8, 4) is 0 Å². The highest BCUT2D eigenvalue weighted by Crippen LogP contribution is 2.43. The Bertz CT molecular complexity index is 707. The topological polar surface area (TPSA) is 41.1 Å². The maximum Gasteiger partial charge on any atom is 0.256 e. The van der Waals surface area contributed by atoms with Crippen LogP contribution in [0.4, 0.5) is 5.00 Å². The zero-order valence-electron chi connectivity index (χ0n) is 12.7. The normalized spacial score (nSPS) is 23.2. The monoisotopic (exact) mass is 312 g/mol. The number of nitrogens with one attached hydrogen (secondary N) is 2. The smallest absolute Gasteiger partial charge is 0.256 e. The van der Waals surface area contributed by atoms with Gasteiger partial charge in [0.25, 0.3) is 5.91 Å². The van der Waals surface area contributed by atoms with E-state index in [0.29, 0.717) is 0 Å². The fraction of sp³-hybridized carbons (Fsp3) is 0.389. The summed E-state index contributed by atoms with van der Waals surface area (Å²) in [7, 11) is 0. The highest BCUT2D eigenvalue weighted by molar-refractivity contribution is 7.16. The fourth-order valence-corrected chi connectivity index (χ4v) is 4.91. The van der Waals surface area contributed by atoms with Crippen LogP contribution in [0.5, 0.6) is 0 Å².